The van der Waals surface area contributed by atoms with Crippen molar-refractivity contribution in [2.24, 2.45) is 5.84 Å². The van der Waals surface area contributed by atoms with Crippen molar-refractivity contribution in [3.8, 4) is 5.75 Å². The first kappa shape index (κ1) is 13.6. The summed E-state index contributed by atoms with van der Waals surface area (Å²) in [6, 6.07) is 18.4. The minimum atomic E-state index is 0.608. The van der Waals surface area contributed by atoms with Gasteiger partial charge in [0.05, 0.1) is 0 Å². The summed E-state index contributed by atoms with van der Waals surface area (Å²) in [6.07, 6.45) is 2.07. The molecule has 0 heterocycles. The minimum absolute atomic E-state index is 0.608. The first-order chi connectivity index (χ1) is 9.38. The van der Waals surface area contributed by atoms with E-state index in [1.165, 1.54) is 11.1 Å². The van der Waals surface area contributed by atoms with Crippen molar-refractivity contribution in [1.82, 2.24) is 5.43 Å². The molecular weight excluding hydrogens is 236 g/mol. The number of nitrogens with one attached hydrogen (secondary N) is 1. The molecule has 0 bridgehead atoms. The van der Waals surface area contributed by atoms with Gasteiger partial charge in [-0.05, 0) is 36.1 Å². The normalized spacial score (nSPS) is 10.4. The van der Waals surface area contributed by atoms with Gasteiger partial charge in [0.25, 0.3) is 0 Å². The smallest absolute Gasteiger partial charge is 0.119 e. The number of aryl methyl sites for hydroxylation is 1. The second-order valence-corrected chi connectivity index (χ2v) is 4.48. The zero-order valence-electron chi connectivity index (χ0n) is 11.0. The van der Waals surface area contributed by atoms with Gasteiger partial charge < -0.3 is 4.74 Å². The van der Waals surface area contributed by atoms with Crippen LogP contribution >= 0.6 is 0 Å². The summed E-state index contributed by atoms with van der Waals surface area (Å²) in [5, 5.41) is 0. The van der Waals surface area contributed by atoms with Crippen LogP contribution in [0.2, 0.25) is 0 Å². The topological polar surface area (TPSA) is 47.3 Å². The van der Waals surface area contributed by atoms with E-state index in [9.17, 15) is 0 Å². The van der Waals surface area contributed by atoms with E-state index in [-0.39, 0.29) is 0 Å². The molecule has 0 atom stereocenters. The summed E-state index contributed by atoms with van der Waals surface area (Å²) in [7, 11) is 0. The Kier molecular flexibility index (Phi) is 5.41. The highest BCUT2D eigenvalue weighted by atomic mass is 16.5. The zero-order chi connectivity index (χ0) is 13.3. The molecule has 0 aliphatic heterocycles. The van der Waals surface area contributed by atoms with E-state index in [0.29, 0.717) is 6.61 Å². The number of rotatable bonds is 7. The molecular formula is C16H20N2O. The number of ether oxygens (including phenoxy) is 1. The zero-order valence-corrected chi connectivity index (χ0v) is 11.0. The molecule has 2 aromatic rings. The van der Waals surface area contributed by atoms with Crippen molar-refractivity contribution in [2.75, 3.05) is 6.54 Å². The van der Waals surface area contributed by atoms with Gasteiger partial charge in [-0.25, -0.2) is 0 Å². The third-order valence-corrected chi connectivity index (χ3v) is 2.96. The number of benzene rings is 2. The summed E-state index contributed by atoms with van der Waals surface area (Å²) in [6.45, 7) is 1.45. The standard InChI is InChI=1S/C16H20N2O/c17-18-12-4-7-14-8-10-16(11-9-14)19-13-15-5-2-1-3-6-15/h1-3,5-6,8-11,18H,4,7,12-13,17H2. The molecule has 0 radical (unpaired) electrons. The lowest BCUT2D eigenvalue weighted by molar-refractivity contribution is 0.306. The number of nitrogens with two attached hydrogens (primary N) is 1. The number of hydrogen-bond acceptors (Lipinski definition) is 3. The summed E-state index contributed by atoms with van der Waals surface area (Å²) < 4.78 is 5.74. The van der Waals surface area contributed by atoms with Gasteiger partial charge in [-0.1, -0.05) is 42.5 Å². The predicted octanol–water partition coefficient (Wildman–Crippen LogP) is 2.66. The van der Waals surface area contributed by atoms with Crippen LogP contribution in [0.5, 0.6) is 5.75 Å². The molecule has 0 aliphatic rings. The van der Waals surface area contributed by atoms with E-state index in [2.05, 4.69) is 29.7 Å². The van der Waals surface area contributed by atoms with Crippen molar-refractivity contribution in [2.45, 2.75) is 19.4 Å². The molecule has 0 aromatic heterocycles. The van der Waals surface area contributed by atoms with Crippen LogP contribution in [0.15, 0.2) is 54.6 Å². The van der Waals surface area contributed by atoms with E-state index in [4.69, 9.17) is 10.6 Å². The average molecular weight is 256 g/mol. The van der Waals surface area contributed by atoms with E-state index < -0.39 is 0 Å². The lowest BCUT2D eigenvalue weighted by Gasteiger charge is -2.07. The third-order valence-electron chi connectivity index (χ3n) is 2.96. The van der Waals surface area contributed by atoms with Crippen molar-refractivity contribution in [1.29, 1.82) is 0 Å². The minimum Gasteiger partial charge on any atom is -0.489 e. The van der Waals surface area contributed by atoms with Gasteiger partial charge in [0, 0.05) is 6.54 Å². The fourth-order valence-electron chi connectivity index (χ4n) is 1.89. The first-order valence-electron chi connectivity index (χ1n) is 6.57. The highest BCUT2D eigenvalue weighted by Gasteiger charge is 1.97. The Labute approximate surface area is 114 Å². The Bertz CT molecular complexity index is 468. The van der Waals surface area contributed by atoms with Crippen LogP contribution < -0.4 is 16.0 Å². The van der Waals surface area contributed by atoms with Crippen LogP contribution in [0, 0.1) is 0 Å². The molecule has 0 aliphatic carbocycles. The van der Waals surface area contributed by atoms with Crippen LogP contribution in [-0.4, -0.2) is 6.54 Å². The Morgan fingerprint density at radius 2 is 1.63 bits per heavy atom. The quantitative estimate of drug-likeness (QED) is 0.455. The number of hydrogen-bond donors (Lipinski definition) is 2. The van der Waals surface area contributed by atoms with Gasteiger partial charge in [-0.15, -0.1) is 0 Å². The first-order valence-corrected chi connectivity index (χ1v) is 6.57. The molecule has 0 spiro atoms. The molecule has 19 heavy (non-hydrogen) atoms. The van der Waals surface area contributed by atoms with Gasteiger partial charge in [-0.2, -0.15) is 0 Å². The molecule has 3 nitrogen and oxygen atoms in total. The fourth-order valence-corrected chi connectivity index (χ4v) is 1.89. The maximum atomic E-state index is 5.74. The predicted molar refractivity (Wildman–Crippen MR) is 77.7 cm³/mol. The van der Waals surface area contributed by atoms with Gasteiger partial charge in [0.2, 0.25) is 0 Å². The Balaban J connectivity index is 1.81. The van der Waals surface area contributed by atoms with E-state index in [0.717, 1.165) is 25.1 Å². The van der Waals surface area contributed by atoms with Crippen molar-refractivity contribution in [3.05, 3.63) is 65.7 Å². The van der Waals surface area contributed by atoms with Crippen LogP contribution in [0.1, 0.15) is 17.5 Å². The van der Waals surface area contributed by atoms with Crippen molar-refractivity contribution < 1.29 is 4.74 Å². The van der Waals surface area contributed by atoms with Crippen LogP contribution in [0.25, 0.3) is 0 Å². The van der Waals surface area contributed by atoms with Gasteiger partial charge in [0.1, 0.15) is 12.4 Å². The average Bonchev–Trinajstić information content (AvgIpc) is 2.48. The number of hydrazine groups is 1. The molecule has 0 saturated heterocycles. The van der Waals surface area contributed by atoms with Crippen LogP contribution in [-0.2, 0) is 13.0 Å². The van der Waals surface area contributed by atoms with Crippen molar-refractivity contribution >= 4 is 0 Å². The second kappa shape index (κ2) is 7.56. The molecule has 3 N–H and O–H groups in total. The summed E-state index contributed by atoms with van der Waals surface area (Å²) in [4.78, 5) is 0. The summed E-state index contributed by atoms with van der Waals surface area (Å²) in [5.74, 6) is 6.15. The van der Waals surface area contributed by atoms with E-state index in [1.54, 1.807) is 0 Å². The van der Waals surface area contributed by atoms with E-state index in [1.807, 2.05) is 30.3 Å². The largest absolute Gasteiger partial charge is 0.489 e. The lowest BCUT2D eigenvalue weighted by atomic mass is 10.1. The molecule has 0 amide bonds. The molecule has 100 valence electrons. The monoisotopic (exact) mass is 256 g/mol. The third kappa shape index (κ3) is 4.73. The Hall–Kier alpha value is -1.84. The second-order valence-electron chi connectivity index (χ2n) is 4.48. The molecule has 0 unspecified atom stereocenters. The molecule has 0 fully saturated rings. The van der Waals surface area contributed by atoms with Gasteiger partial charge >= 0.3 is 0 Å². The van der Waals surface area contributed by atoms with E-state index >= 15 is 0 Å². The maximum Gasteiger partial charge on any atom is 0.119 e. The van der Waals surface area contributed by atoms with Crippen LogP contribution in [0.4, 0.5) is 0 Å². The maximum absolute atomic E-state index is 5.74. The van der Waals surface area contributed by atoms with Crippen LogP contribution in [0.3, 0.4) is 0 Å². The molecule has 2 aromatic carbocycles. The molecule has 3 heteroatoms. The Morgan fingerprint density at radius 1 is 0.895 bits per heavy atom. The SMILES string of the molecule is NNCCCc1ccc(OCc2ccccc2)cc1. The lowest BCUT2D eigenvalue weighted by Crippen LogP contribution is -2.23. The summed E-state index contributed by atoms with van der Waals surface area (Å²) in [5.41, 5.74) is 5.15. The van der Waals surface area contributed by atoms with Gasteiger partial charge in [0.15, 0.2) is 0 Å². The fraction of sp³-hybridized carbons (Fsp3) is 0.250. The molecule has 0 saturated carbocycles. The van der Waals surface area contributed by atoms with Gasteiger partial charge in [-0.3, -0.25) is 11.3 Å². The van der Waals surface area contributed by atoms with Crippen molar-refractivity contribution in [3.63, 3.8) is 0 Å². The highest BCUT2D eigenvalue weighted by molar-refractivity contribution is 5.27. The summed E-state index contributed by atoms with van der Waals surface area (Å²) >= 11 is 0. The highest BCUT2D eigenvalue weighted by Crippen LogP contribution is 2.15. The Morgan fingerprint density at radius 3 is 2.32 bits per heavy atom. The molecule has 2 rings (SSSR count).